The summed E-state index contributed by atoms with van der Waals surface area (Å²) in [5.74, 6) is 0.657. The molecule has 1 amide bonds. The molecule has 188 valence electrons. The van der Waals surface area contributed by atoms with Gasteiger partial charge in [0.25, 0.3) is 5.19 Å². The van der Waals surface area contributed by atoms with E-state index >= 15 is 0 Å². The number of thiazole rings is 1. The molecule has 2 aromatic heterocycles. The van der Waals surface area contributed by atoms with Crippen LogP contribution in [-0.4, -0.2) is 77.1 Å². The Morgan fingerprint density at radius 2 is 2.09 bits per heavy atom. The summed E-state index contributed by atoms with van der Waals surface area (Å²) in [5.41, 5.74) is 0.841. The zero-order valence-electron chi connectivity index (χ0n) is 18.9. The maximum Gasteiger partial charge on any atom is 0.422 e. The smallest absolute Gasteiger partial charge is 0.422 e. The molecule has 4 rings (SSSR count). The summed E-state index contributed by atoms with van der Waals surface area (Å²) in [6.45, 7) is 3.36. The number of hydrogen-bond acceptors (Lipinski definition) is 9. The van der Waals surface area contributed by atoms with Crippen molar-refractivity contribution in [1.82, 2.24) is 25.3 Å². The van der Waals surface area contributed by atoms with E-state index in [0.717, 1.165) is 55.9 Å². The molecule has 0 aliphatic carbocycles. The highest BCUT2D eigenvalue weighted by Crippen LogP contribution is 2.29. The van der Waals surface area contributed by atoms with E-state index < -0.39 is 12.8 Å². The number of ether oxygens (including phenoxy) is 2. The number of rotatable bonds is 8. The van der Waals surface area contributed by atoms with Crippen molar-refractivity contribution in [1.29, 1.82) is 0 Å². The van der Waals surface area contributed by atoms with Gasteiger partial charge in [0.1, 0.15) is 0 Å². The van der Waals surface area contributed by atoms with Gasteiger partial charge in [0.2, 0.25) is 11.8 Å². The van der Waals surface area contributed by atoms with Gasteiger partial charge in [0.15, 0.2) is 12.4 Å². The molecule has 0 unspecified atom stereocenters. The third-order valence-electron chi connectivity index (χ3n) is 5.83. The minimum Gasteiger partial charge on any atom is -0.460 e. The van der Waals surface area contributed by atoms with Crippen molar-refractivity contribution < 1.29 is 32.0 Å². The third-order valence-corrected chi connectivity index (χ3v) is 6.90. The van der Waals surface area contributed by atoms with E-state index in [1.54, 1.807) is 6.92 Å². The van der Waals surface area contributed by atoms with Crippen LogP contribution in [0.2, 0.25) is 0 Å². The Kier molecular flexibility index (Phi) is 8.04. The Bertz CT molecular complexity index is 933. The molecular formula is C21H28F3N5O4S. The Morgan fingerprint density at radius 1 is 1.26 bits per heavy atom. The van der Waals surface area contributed by atoms with Crippen molar-refractivity contribution in [3.05, 3.63) is 22.3 Å². The first-order chi connectivity index (χ1) is 16.2. The summed E-state index contributed by atoms with van der Waals surface area (Å²) in [6, 6.07) is -0.0224. The van der Waals surface area contributed by atoms with Gasteiger partial charge in [-0.25, -0.2) is 4.98 Å². The molecule has 9 nitrogen and oxygen atoms in total. The second-order valence-corrected chi connectivity index (χ2v) is 9.63. The summed E-state index contributed by atoms with van der Waals surface area (Å²) in [5, 5.41) is 6.80. The third kappa shape index (κ3) is 7.37. The molecule has 1 N–H and O–H groups in total. The molecule has 1 fully saturated rings. The first-order valence-corrected chi connectivity index (χ1v) is 12.2. The summed E-state index contributed by atoms with van der Waals surface area (Å²) in [6.07, 6.45) is -0.0694. The van der Waals surface area contributed by atoms with Crippen LogP contribution in [0.5, 0.6) is 5.19 Å². The standard InChI is InChI=1S/C21H28F3N5O4S/c1-13-25-18(28-33-13)10-19(30)26-14-2-3-15(31-11-14)4-7-29-8-5-16-17(6-9-29)34-20(27-16)32-12-21(22,23)24/h14-15H,2-12H2,1H3,(H,26,30)/t14-,15+/m0/s1. The number of nitrogens with zero attached hydrogens (tertiary/aromatic N) is 4. The normalized spacial score (nSPS) is 21.6. The SMILES string of the molecule is Cc1nc(CC(=O)N[C@H]2CC[C@H](CCN3CCc4nc(OCC(F)(F)F)sc4CC3)OC2)no1. The first-order valence-electron chi connectivity index (χ1n) is 11.3. The van der Waals surface area contributed by atoms with E-state index in [4.69, 9.17) is 14.0 Å². The monoisotopic (exact) mass is 503 g/mol. The van der Waals surface area contributed by atoms with Crippen molar-refractivity contribution >= 4 is 17.2 Å². The van der Waals surface area contributed by atoms with Gasteiger partial charge in [-0.2, -0.15) is 18.2 Å². The van der Waals surface area contributed by atoms with Gasteiger partial charge >= 0.3 is 6.18 Å². The molecule has 34 heavy (non-hydrogen) atoms. The highest BCUT2D eigenvalue weighted by molar-refractivity contribution is 7.13. The van der Waals surface area contributed by atoms with E-state index in [2.05, 4.69) is 25.3 Å². The molecule has 4 heterocycles. The average Bonchev–Trinajstić information content (AvgIpc) is 3.32. The highest BCUT2D eigenvalue weighted by Gasteiger charge is 2.30. The van der Waals surface area contributed by atoms with Crippen molar-refractivity contribution in [3.63, 3.8) is 0 Å². The van der Waals surface area contributed by atoms with E-state index in [1.807, 2.05) is 0 Å². The van der Waals surface area contributed by atoms with Gasteiger partial charge in [0.05, 0.1) is 30.9 Å². The largest absolute Gasteiger partial charge is 0.460 e. The lowest BCUT2D eigenvalue weighted by Gasteiger charge is -2.31. The summed E-state index contributed by atoms with van der Waals surface area (Å²) >= 11 is 1.21. The van der Waals surface area contributed by atoms with Gasteiger partial charge < -0.3 is 24.2 Å². The molecule has 0 spiro atoms. The van der Waals surface area contributed by atoms with Crippen molar-refractivity contribution in [3.8, 4) is 5.19 Å². The molecule has 0 radical (unpaired) electrons. The zero-order chi connectivity index (χ0) is 24.1. The van der Waals surface area contributed by atoms with Crippen LogP contribution < -0.4 is 10.1 Å². The van der Waals surface area contributed by atoms with Crippen molar-refractivity contribution in [2.75, 3.05) is 32.8 Å². The minimum absolute atomic E-state index is 0.0224. The number of carbonyl (C=O) groups excluding carboxylic acids is 1. The maximum atomic E-state index is 12.3. The van der Waals surface area contributed by atoms with Crippen molar-refractivity contribution in [2.24, 2.45) is 0 Å². The Morgan fingerprint density at radius 3 is 2.79 bits per heavy atom. The highest BCUT2D eigenvalue weighted by atomic mass is 32.1. The lowest BCUT2D eigenvalue weighted by atomic mass is 10.0. The van der Waals surface area contributed by atoms with Gasteiger partial charge in [-0.15, -0.1) is 0 Å². The predicted octanol–water partition coefficient (Wildman–Crippen LogP) is 2.47. The molecule has 0 bridgehead atoms. The lowest BCUT2D eigenvalue weighted by Crippen LogP contribution is -2.44. The van der Waals surface area contributed by atoms with E-state index in [9.17, 15) is 18.0 Å². The fourth-order valence-corrected chi connectivity index (χ4v) is 5.07. The molecule has 2 aromatic rings. The fraction of sp³-hybridized carbons (Fsp3) is 0.714. The molecule has 0 aromatic carbocycles. The number of aromatic nitrogens is 3. The number of hydrogen-bond donors (Lipinski definition) is 1. The number of alkyl halides is 3. The molecule has 2 aliphatic heterocycles. The molecule has 2 atom stereocenters. The second kappa shape index (κ2) is 11.0. The molecular weight excluding hydrogens is 475 g/mol. The number of aryl methyl sites for hydroxylation is 1. The Hall–Kier alpha value is -2.25. The van der Waals surface area contributed by atoms with E-state index in [-0.39, 0.29) is 29.7 Å². The number of nitrogens with one attached hydrogen (secondary N) is 1. The fourth-order valence-electron chi connectivity index (χ4n) is 4.12. The lowest BCUT2D eigenvalue weighted by molar-refractivity contribution is -0.153. The van der Waals surface area contributed by atoms with Crippen LogP contribution in [0.25, 0.3) is 0 Å². The van der Waals surface area contributed by atoms with Crippen LogP contribution in [0.4, 0.5) is 13.2 Å². The molecule has 1 saturated heterocycles. The number of amides is 1. The van der Waals surface area contributed by atoms with E-state index in [0.29, 0.717) is 24.7 Å². The molecule has 0 saturated carbocycles. The van der Waals surface area contributed by atoms with Gasteiger partial charge in [-0.05, 0) is 25.7 Å². The number of fused-ring (bicyclic) bond motifs is 1. The van der Waals surface area contributed by atoms with Crippen LogP contribution in [0.1, 0.15) is 41.5 Å². The average molecular weight is 504 g/mol. The predicted molar refractivity (Wildman–Crippen MR) is 116 cm³/mol. The Labute approximate surface area is 199 Å². The van der Waals surface area contributed by atoms with E-state index in [1.165, 1.54) is 11.3 Å². The zero-order valence-corrected chi connectivity index (χ0v) is 19.7. The second-order valence-electron chi connectivity index (χ2n) is 8.59. The summed E-state index contributed by atoms with van der Waals surface area (Å²) < 4.78 is 52.7. The van der Waals surface area contributed by atoms with Gasteiger partial charge in [-0.3, -0.25) is 4.79 Å². The molecule has 2 aliphatic rings. The molecule has 13 heteroatoms. The number of halogens is 3. The summed E-state index contributed by atoms with van der Waals surface area (Å²) in [4.78, 5) is 23.8. The van der Waals surface area contributed by atoms with Gasteiger partial charge in [0, 0.05) is 37.9 Å². The van der Waals surface area contributed by atoms with Crippen LogP contribution in [-0.2, 0) is 28.8 Å². The van der Waals surface area contributed by atoms with Crippen LogP contribution in [0.3, 0.4) is 0 Å². The first kappa shape index (κ1) is 24.9. The van der Waals surface area contributed by atoms with Crippen LogP contribution >= 0.6 is 11.3 Å². The quantitative estimate of drug-likeness (QED) is 0.586. The number of carbonyl (C=O) groups is 1. The maximum absolute atomic E-state index is 12.3. The minimum atomic E-state index is -4.36. The van der Waals surface area contributed by atoms with Gasteiger partial charge in [-0.1, -0.05) is 16.5 Å². The summed E-state index contributed by atoms with van der Waals surface area (Å²) in [7, 11) is 0. The topological polar surface area (TPSA) is 103 Å². The van der Waals surface area contributed by atoms with Crippen molar-refractivity contribution in [2.45, 2.75) is 63.8 Å². The Balaban J connectivity index is 1.13. The van der Waals surface area contributed by atoms with Crippen LogP contribution in [0, 0.1) is 6.92 Å². The van der Waals surface area contributed by atoms with Crippen LogP contribution in [0.15, 0.2) is 4.52 Å².